The minimum absolute atomic E-state index is 0.0564. The Morgan fingerprint density at radius 1 is 1.44 bits per heavy atom. The smallest absolute Gasteiger partial charge is 0.248 e. The topological polar surface area (TPSA) is 58.8 Å². The molecule has 0 radical (unpaired) electrons. The number of ether oxygens (including phenoxy) is 1. The SMILES string of the molecule is CC(C)N1CCCC1CN1C(=O)COCC1CN. The molecule has 104 valence electrons. The van der Waals surface area contributed by atoms with Crippen LogP contribution in [-0.2, 0) is 9.53 Å². The van der Waals surface area contributed by atoms with E-state index in [1.165, 1.54) is 12.8 Å². The number of amides is 1. The fourth-order valence-electron chi connectivity index (χ4n) is 3.07. The summed E-state index contributed by atoms with van der Waals surface area (Å²) in [5.74, 6) is 0.0901. The van der Waals surface area contributed by atoms with Gasteiger partial charge in [0.05, 0.1) is 12.6 Å². The Labute approximate surface area is 109 Å². The lowest BCUT2D eigenvalue weighted by Crippen LogP contribution is -2.56. The molecule has 2 unspecified atom stereocenters. The van der Waals surface area contributed by atoms with Gasteiger partial charge in [-0.15, -0.1) is 0 Å². The fraction of sp³-hybridized carbons (Fsp3) is 0.923. The van der Waals surface area contributed by atoms with Crippen LogP contribution in [0.4, 0.5) is 0 Å². The van der Waals surface area contributed by atoms with Crippen LogP contribution in [0.3, 0.4) is 0 Å². The molecule has 2 aliphatic rings. The molecule has 18 heavy (non-hydrogen) atoms. The van der Waals surface area contributed by atoms with Crippen molar-refractivity contribution in [3.05, 3.63) is 0 Å². The fourth-order valence-corrected chi connectivity index (χ4v) is 3.07. The second kappa shape index (κ2) is 5.99. The summed E-state index contributed by atoms with van der Waals surface area (Å²) < 4.78 is 5.27. The number of rotatable bonds is 4. The van der Waals surface area contributed by atoms with Crippen LogP contribution in [0, 0.1) is 0 Å². The minimum Gasteiger partial charge on any atom is -0.369 e. The van der Waals surface area contributed by atoms with Crippen molar-refractivity contribution in [3.63, 3.8) is 0 Å². The summed E-state index contributed by atoms with van der Waals surface area (Å²) in [6, 6.07) is 1.09. The highest BCUT2D eigenvalue weighted by Gasteiger charge is 2.34. The van der Waals surface area contributed by atoms with Crippen molar-refractivity contribution in [1.29, 1.82) is 0 Å². The highest BCUT2D eigenvalue weighted by molar-refractivity contribution is 5.78. The molecule has 0 aliphatic carbocycles. The van der Waals surface area contributed by atoms with Gasteiger partial charge in [-0.1, -0.05) is 0 Å². The van der Waals surface area contributed by atoms with Crippen LogP contribution in [0.2, 0.25) is 0 Å². The maximum atomic E-state index is 12.0. The first-order valence-corrected chi connectivity index (χ1v) is 6.96. The molecule has 0 aromatic carbocycles. The van der Waals surface area contributed by atoms with Gasteiger partial charge >= 0.3 is 0 Å². The number of nitrogens with two attached hydrogens (primary N) is 1. The summed E-state index contributed by atoms with van der Waals surface area (Å²) in [4.78, 5) is 16.4. The number of hydrogen-bond acceptors (Lipinski definition) is 4. The van der Waals surface area contributed by atoms with Crippen LogP contribution in [0.15, 0.2) is 0 Å². The zero-order chi connectivity index (χ0) is 13.1. The van der Waals surface area contributed by atoms with Crippen LogP contribution >= 0.6 is 0 Å². The largest absolute Gasteiger partial charge is 0.369 e. The number of carbonyl (C=O) groups excluding carboxylic acids is 1. The highest BCUT2D eigenvalue weighted by atomic mass is 16.5. The van der Waals surface area contributed by atoms with E-state index in [4.69, 9.17) is 10.5 Å². The van der Waals surface area contributed by atoms with Gasteiger partial charge in [0.25, 0.3) is 0 Å². The summed E-state index contributed by atoms with van der Waals surface area (Å²) in [6.45, 7) is 7.68. The van der Waals surface area contributed by atoms with E-state index >= 15 is 0 Å². The quantitative estimate of drug-likeness (QED) is 0.771. The standard InChI is InChI=1S/C13H25N3O2/c1-10(2)15-5-3-4-11(15)7-16-12(6-14)8-18-9-13(16)17/h10-12H,3-9,14H2,1-2H3. The molecule has 2 heterocycles. The monoisotopic (exact) mass is 255 g/mol. The summed E-state index contributed by atoms with van der Waals surface area (Å²) in [5, 5.41) is 0. The van der Waals surface area contributed by atoms with Gasteiger partial charge < -0.3 is 15.4 Å². The molecule has 5 heteroatoms. The van der Waals surface area contributed by atoms with Crippen LogP contribution in [0.1, 0.15) is 26.7 Å². The van der Waals surface area contributed by atoms with Gasteiger partial charge in [-0.3, -0.25) is 9.69 Å². The lowest BCUT2D eigenvalue weighted by molar-refractivity contribution is -0.148. The van der Waals surface area contributed by atoms with Gasteiger partial charge in [0.1, 0.15) is 6.61 Å². The van der Waals surface area contributed by atoms with E-state index in [1.54, 1.807) is 0 Å². The molecule has 2 rings (SSSR count). The Kier molecular flexibility index (Phi) is 4.59. The van der Waals surface area contributed by atoms with Crippen molar-refractivity contribution in [3.8, 4) is 0 Å². The molecule has 0 aromatic rings. The zero-order valence-corrected chi connectivity index (χ0v) is 11.5. The van der Waals surface area contributed by atoms with Crippen LogP contribution in [0.25, 0.3) is 0 Å². The summed E-state index contributed by atoms with van der Waals surface area (Å²) in [5.41, 5.74) is 5.74. The number of carbonyl (C=O) groups is 1. The molecule has 2 aliphatic heterocycles. The maximum absolute atomic E-state index is 12.0. The van der Waals surface area contributed by atoms with Crippen molar-refractivity contribution in [2.75, 3.05) is 32.8 Å². The molecule has 0 bridgehead atoms. The number of hydrogen-bond donors (Lipinski definition) is 1. The molecule has 0 spiro atoms. The predicted molar refractivity (Wildman–Crippen MR) is 70.2 cm³/mol. The van der Waals surface area contributed by atoms with E-state index in [-0.39, 0.29) is 18.6 Å². The predicted octanol–water partition coefficient (Wildman–Crippen LogP) is 0.0453. The van der Waals surface area contributed by atoms with E-state index in [0.717, 1.165) is 13.1 Å². The van der Waals surface area contributed by atoms with Gasteiger partial charge in [-0.05, 0) is 33.2 Å². The van der Waals surface area contributed by atoms with Crippen LogP contribution in [-0.4, -0.2) is 66.7 Å². The lowest BCUT2D eigenvalue weighted by Gasteiger charge is -2.39. The zero-order valence-electron chi connectivity index (χ0n) is 11.5. The second-order valence-electron chi connectivity index (χ2n) is 5.58. The van der Waals surface area contributed by atoms with E-state index in [9.17, 15) is 4.79 Å². The third-order valence-corrected chi connectivity index (χ3v) is 4.06. The average molecular weight is 255 g/mol. The third kappa shape index (κ3) is 2.84. The van der Waals surface area contributed by atoms with Crippen molar-refractivity contribution in [2.45, 2.75) is 44.8 Å². The average Bonchev–Trinajstić information content (AvgIpc) is 2.80. The second-order valence-corrected chi connectivity index (χ2v) is 5.58. The Morgan fingerprint density at radius 2 is 2.22 bits per heavy atom. The summed E-state index contributed by atoms with van der Waals surface area (Å²) in [7, 11) is 0. The number of morpholine rings is 1. The normalized spacial score (nSPS) is 30.4. The Balaban J connectivity index is 1.99. The molecule has 0 aromatic heterocycles. The molecule has 2 fully saturated rings. The van der Waals surface area contributed by atoms with Crippen molar-refractivity contribution >= 4 is 5.91 Å². The van der Waals surface area contributed by atoms with E-state index in [1.807, 2.05) is 4.90 Å². The van der Waals surface area contributed by atoms with Crippen molar-refractivity contribution in [2.24, 2.45) is 5.73 Å². The third-order valence-electron chi connectivity index (χ3n) is 4.06. The number of likely N-dealkylation sites (tertiary alicyclic amines) is 1. The van der Waals surface area contributed by atoms with Gasteiger partial charge in [0, 0.05) is 25.2 Å². The molecule has 2 atom stereocenters. The first kappa shape index (κ1) is 13.8. The molecular weight excluding hydrogens is 230 g/mol. The molecule has 5 nitrogen and oxygen atoms in total. The van der Waals surface area contributed by atoms with Crippen molar-refractivity contribution < 1.29 is 9.53 Å². The minimum atomic E-state index is 0.0564. The molecule has 1 amide bonds. The van der Waals surface area contributed by atoms with Gasteiger partial charge in [0.2, 0.25) is 5.91 Å². The van der Waals surface area contributed by atoms with Crippen LogP contribution < -0.4 is 5.73 Å². The highest BCUT2D eigenvalue weighted by Crippen LogP contribution is 2.22. The number of nitrogens with zero attached hydrogens (tertiary/aromatic N) is 2. The molecule has 2 saturated heterocycles. The maximum Gasteiger partial charge on any atom is 0.248 e. The van der Waals surface area contributed by atoms with Crippen LogP contribution in [0.5, 0.6) is 0 Å². The van der Waals surface area contributed by atoms with Gasteiger partial charge in [-0.25, -0.2) is 0 Å². The lowest BCUT2D eigenvalue weighted by atomic mass is 10.1. The van der Waals surface area contributed by atoms with E-state index in [2.05, 4.69) is 18.7 Å². The molecule has 0 saturated carbocycles. The van der Waals surface area contributed by atoms with Crippen molar-refractivity contribution in [1.82, 2.24) is 9.80 Å². The van der Waals surface area contributed by atoms with E-state index in [0.29, 0.717) is 25.2 Å². The Bertz CT molecular complexity index is 296. The molecule has 2 N–H and O–H groups in total. The molecular formula is C13H25N3O2. The summed E-state index contributed by atoms with van der Waals surface area (Å²) in [6.07, 6.45) is 2.41. The van der Waals surface area contributed by atoms with Gasteiger partial charge in [-0.2, -0.15) is 0 Å². The first-order chi connectivity index (χ1) is 8.63. The summed E-state index contributed by atoms with van der Waals surface area (Å²) >= 11 is 0. The van der Waals surface area contributed by atoms with E-state index < -0.39 is 0 Å². The Hall–Kier alpha value is -0.650. The first-order valence-electron chi connectivity index (χ1n) is 6.96. The Morgan fingerprint density at radius 3 is 2.89 bits per heavy atom. The van der Waals surface area contributed by atoms with Gasteiger partial charge in [0.15, 0.2) is 0 Å².